The van der Waals surface area contributed by atoms with E-state index in [1.807, 2.05) is 13.8 Å². The first kappa shape index (κ1) is 13.9. The van der Waals surface area contributed by atoms with E-state index in [1.54, 1.807) is 0 Å². The van der Waals surface area contributed by atoms with Gasteiger partial charge in [-0.3, -0.25) is 4.90 Å². The van der Waals surface area contributed by atoms with Crippen molar-refractivity contribution in [3.05, 3.63) is 0 Å². The van der Waals surface area contributed by atoms with Crippen LogP contribution < -0.4 is 0 Å². The van der Waals surface area contributed by atoms with Crippen LogP contribution in [0.25, 0.3) is 0 Å². The van der Waals surface area contributed by atoms with Crippen LogP contribution in [0.2, 0.25) is 0 Å². The number of aliphatic hydroxyl groups is 1. The molecule has 0 rings (SSSR count). The van der Waals surface area contributed by atoms with E-state index in [4.69, 9.17) is 0 Å². The van der Waals surface area contributed by atoms with E-state index >= 15 is 0 Å². The second-order valence-electron chi connectivity index (χ2n) is 5.79. The smallest absolute Gasteiger partial charge is 0.0718 e. The second-order valence-corrected chi connectivity index (χ2v) is 5.79. The normalized spacial score (nSPS) is 13.3. The van der Waals surface area contributed by atoms with Crippen LogP contribution in [0.1, 0.15) is 41.5 Å². The van der Waals surface area contributed by atoms with Gasteiger partial charge in [-0.2, -0.15) is 0 Å². The maximum Gasteiger partial charge on any atom is 0.0718 e. The summed E-state index contributed by atoms with van der Waals surface area (Å²) in [6, 6.07) is 0. The van der Waals surface area contributed by atoms with Crippen LogP contribution in [0.5, 0.6) is 0 Å². The third kappa shape index (κ3) is 8.52. The summed E-state index contributed by atoms with van der Waals surface area (Å²) in [5.41, 5.74) is -0.580. The Hall–Kier alpha value is -0.0800. The molecule has 0 aromatic heterocycles. The highest BCUT2D eigenvalue weighted by atomic mass is 16.3. The highest BCUT2D eigenvalue weighted by Gasteiger charge is 2.19. The average Bonchev–Trinajstić information content (AvgIpc) is 1.77. The molecular formula is C12H27NO. The third-order valence-corrected chi connectivity index (χ3v) is 1.86. The van der Waals surface area contributed by atoms with Crippen LogP contribution in [0.15, 0.2) is 0 Å². The highest BCUT2D eigenvalue weighted by molar-refractivity contribution is 4.73. The molecule has 0 aliphatic rings. The third-order valence-electron chi connectivity index (χ3n) is 1.86. The molecule has 1 N–H and O–H groups in total. The molecule has 0 aliphatic carbocycles. The zero-order valence-corrected chi connectivity index (χ0v) is 10.7. The van der Waals surface area contributed by atoms with Gasteiger partial charge in [0.25, 0.3) is 0 Å². The number of nitrogens with zero attached hydrogens (tertiary/aromatic N) is 1. The molecule has 0 fully saturated rings. The van der Waals surface area contributed by atoms with E-state index < -0.39 is 5.60 Å². The zero-order valence-electron chi connectivity index (χ0n) is 10.7. The minimum Gasteiger partial charge on any atom is -0.389 e. The average molecular weight is 201 g/mol. The molecule has 0 saturated carbocycles. The molecule has 0 saturated heterocycles. The summed E-state index contributed by atoms with van der Waals surface area (Å²) >= 11 is 0. The second kappa shape index (κ2) is 5.72. The van der Waals surface area contributed by atoms with Crippen LogP contribution in [0.4, 0.5) is 0 Å². The van der Waals surface area contributed by atoms with Crippen molar-refractivity contribution in [2.45, 2.75) is 47.1 Å². The Morgan fingerprint density at radius 3 is 1.57 bits per heavy atom. The topological polar surface area (TPSA) is 23.5 Å². The minimum absolute atomic E-state index is 0.580. The van der Waals surface area contributed by atoms with E-state index in [0.29, 0.717) is 11.8 Å². The molecule has 0 unspecified atom stereocenters. The molecule has 0 spiro atoms. The molecule has 0 heterocycles. The predicted octanol–water partition coefficient (Wildman–Crippen LogP) is 2.37. The lowest BCUT2D eigenvalue weighted by atomic mass is 10.1. The van der Waals surface area contributed by atoms with Gasteiger partial charge in [-0.15, -0.1) is 0 Å². The van der Waals surface area contributed by atoms with Crippen molar-refractivity contribution >= 4 is 0 Å². The monoisotopic (exact) mass is 201 g/mol. The Labute approximate surface area is 89.3 Å². The summed E-state index contributed by atoms with van der Waals surface area (Å²) in [5, 5.41) is 9.77. The van der Waals surface area contributed by atoms with Gasteiger partial charge in [-0.25, -0.2) is 0 Å². The molecule has 0 amide bonds. The Balaban J connectivity index is 4.11. The van der Waals surface area contributed by atoms with E-state index in [-0.39, 0.29) is 0 Å². The van der Waals surface area contributed by atoms with Crippen molar-refractivity contribution in [1.82, 2.24) is 4.90 Å². The molecular weight excluding hydrogens is 174 g/mol. The molecule has 2 nitrogen and oxygen atoms in total. The lowest BCUT2D eigenvalue weighted by Crippen LogP contribution is -2.42. The summed E-state index contributed by atoms with van der Waals surface area (Å²) in [6.45, 7) is 15.5. The van der Waals surface area contributed by atoms with Gasteiger partial charge >= 0.3 is 0 Å². The zero-order chi connectivity index (χ0) is 11.4. The first-order chi connectivity index (χ1) is 6.20. The van der Waals surface area contributed by atoms with Gasteiger partial charge in [0.05, 0.1) is 5.60 Å². The number of hydrogen-bond donors (Lipinski definition) is 1. The maximum absolute atomic E-state index is 9.77. The first-order valence-electron chi connectivity index (χ1n) is 5.65. The van der Waals surface area contributed by atoms with Gasteiger partial charge in [0.1, 0.15) is 0 Å². The summed E-state index contributed by atoms with van der Waals surface area (Å²) in [5.74, 6) is 1.33. The van der Waals surface area contributed by atoms with Gasteiger partial charge in [0.2, 0.25) is 0 Å². The lowest BCUT2D eigenvalue weighted by Gasteiger charge is -2.31. The van der Waals surface area contributed by atoms with Gasteiger partial charge < -0.3 is 5.11 Å². The summed E-state index contributed by atoms with van der Waals surface area (Å²) < 4.78 is 0. The van der Waals surface area contributed by atoms with Crippen molar-refractivity contribution in [2.75, 3.05) is 19.6 Å². The van der Waals surface area contributed by atoms with Crippen LogP contribution in [0, 0.1) is 11.8 Å². The fourth-order valence-corrected chi connectivity index (χ4v) is 1.78. The molecule has 0 aromatic carbocycles. The Kier molecular flexibility index (Phi) is 5.68. The number of rotatable bonds is 6. The van der Waals surface area contributed by atoms with E-state index in [2.05, 4.69) is 32.6 Å². The molecule has 0 radical (unpaired) electrons. The molecule has 14 heavy (non-hydrogen) atoms. The fourth-order valence-electron chi connectivity index (χ4n) is 1.78. The highest BCUT2D eigenvalue weighted by Crippen LogP contribution is 2.09. The quantitative estimate of drug-likeness (QED) is 0.713. The van der Waals surface area contributed by atoms with E-state index in [1.165, 1.54) is 0 Å². The van der Waals surface area contributed by atoms with E-state index in [9.17, 15) is 5.11 Å². The van der Waals surface area contributed by atoms with Crippen molar-refractivity contribution in [3.63, 3.8) is 0 Å². The Morgan fingerprint density at radius 1 is 1.00 bits per heavy atom. The largest absolute Gasteiger partial charge is 0.389 e. The fraction of sp³-hybridized carbons (Fsp3) is 1.00. The molecule has 2 heteroatoms. The molecule has 0 aliphatic heterocycles. The Bertz CT molecular complexity index is 137. The van der Waals surface area contributed by atoms with Gasteiger partial charge in [-0.1, -0.05) is 27.7 Å². The van der Waals surface area contributed by atoms with Crippen LogP contribution in [-0.4, -0.2) is 35.2 Å². The van der Waals surface area contributed by atoms with Crippen LogP contribution >= 0.6 is 0 Å². The SMILES string of the molecule is CC(C)CN(CC(C)C)CC(C)(C)O. The van der Waals surface area contributed by atoms with Gasteiger partial charge in [0, 0.05) is 19.6 Å². The molecule has 0 atom stereocenters. The van der Waals surface area contributed by atoms with Crippen molar-refractivity contribution in [3.8, 4) is 0 Å². The minimum atomic E-state index is -0.580. The lowest BCUT2D eigenvalue weighted by molar-refractivity contribution is 0.0288. The molecule has 0 bridgehead atoms. The van der Waals surface area contributed by atoms with Gasteiger partial charge in [-0.05, 0) is 25.7 Å². The molecule has 0 aromatic rings. The predicted molar refractivity (Wildman–Crippen MR) is 62.4 cm³/mol. The number of hydrogen-bond acceptors (Lipinski definition) is 2. The summed E-state index contributed by atoms with van der Waals surface area (Å²) in [4.78, 5) is 2.36. The molecule has 86 valence electrons. The summed E-state index contributed by atoms with van der Waals surface area (Å²) in [6.07, 6.45) is 0. The van der Waals surface area contributed by atoms with Crippen LogP contribution in [0.3, 0.4) is 0 Å². The first-order valence-corrected chi connectivity index (χ1v) is 5.65. The van der Waals surface area contributed by atoms with Crippen LogP contribution in [-0.2, 0) is 0 Å². The van der Waals surface area contributed by atoms with E-state index in [0.717, 1.165) is 19.6 Å². The van der Waals surface area contributed by atoms with Crippen molar-refractivity contribution in [2.24, 2.45) is 11.8 Å². The Morgan fingerprint density at radius 2 is 1.36 bits per heavy atom. The van der Waals surface area contributed by atoms with Crippen molar-refractivity contribution in [1.29, 1.82) is 0 Å². The summed E-state index contributed by atoms with van der Waals surface area (Å²) in [7, 11) is 0. The van der Waals surface area contributed by atoms with Gasteiger partial charge in [0.15, 0.2) is 0 Å². The standard InChI is InChI=1S/C12H27NO/c1-10(2)7-13(8-11(3)4)9-12(5,6)14/h10-11,14H,7-9H2,1-6H3. The van der Waals surface area contributed by atoms with Crippen molar-refractivity contribution < 1.29 is 5.11 Å². The maximum atomic E-state index is 9.77.